The Morgan fingerprint density at radius 2 is 2.09 bits per heavy atom. The minimum Gasteiger partial charge on any atom is -0.493 e. The van der Waals surface area contributed by atoms with E-state index in [-0.39, 0.29) is 11.8 Å². The summed E-state index contributed by atoms with van der Waals surface area (Å²) in [7, 11) is 1.64. The maximum Gasteiger partial charge on any atom is 0.231 e. The predicted octanol–water partition coefficient (Wildman–Crippen LogP) is 3.07. The second-order valence-corrected chi connectivity index (χ2v) is 9.04. The van der Waals surface area contributed by atoms with E-state index in [9.17, 15) is 4.79 Å². The zero-order valence-electron chi connectivity index (χ0n) is 19.2. The van der Waals surface area contributed by atoms with Crippen LogP contribution in [0.1, 0.15) is 49.8 Å². The summed E-state index contributed by atoms with van der Waals surface area (Å²) < 4.78 is 7.31. The molecule has 3 N–H and O–H groups in total. The number of hydrogen-bond donors (Lipinski definition) is 2. The minimum atomic E-state index is -0.268. The van der Waals surface area contributed by atoms with Crippen LogP contribution in [0.4, 0.5) is 0 Å². The molecule has 0 aromatic carbocycles. The van der Waals surface area contributed by atoms with Crippen molar-refractivity contribution in [1.29, 1.82) is 0 Å². The fraction of sp³-hybridized carbons (Fsp3) is 0.417. The van der Waals surface area contributed by atoms with Gasteiger partial charge in [-0.15, -0.1) is 0 Å². The summed E-state index contributed by atoms with van der Waals surface area (Å²) in [6.45, 7) is 6.43. The van der Waals surface area contributed by atoms with Gasteiger partial charge in [0.25, 0.3) is 0 Å². The summed E-state index contributed by atoms with van der Waals surface area (Å²) in [5.74, 6) is 1.06. The number of aromatic nitrogens is 5. The van der Waals surface area contributed by atoms with Crippen LogP contribution in [-0.4, -0.2) is 62.1 Å². The molecular formula is C24H29N7O2. The smallest absolute Gasteiger partial charge is 0.231 e. The van der Waals surface area contributed by atoms with E-state index in [1.807, 2.05) is 12.3 Å². The van der Waals surface area contributed by atoms with Gasteiger partial charge in [0.2, 0.25) is 5.91 Å². The van der Waals surface area contributed by atoms with E-state index in [0.29, 0.717) is 23.9 Å². The number of likely N-dealkylation sites (tertiary alicyclic amines) is 1. The van der Waals surface area contributed by atoms with Gasteiger partial charge in [-0.05, 0) is 50.0 Å². The molecule has 172 valence electrons. The number of nitrogens with two attached hydrogens (primary N) is 1. The molecule has 1 saturated heterocycles. The fourth-order valence-corrected chi connectivity index (χ4v) is 4.91. The topological polar surface area (TPSA) is 114 Å². The van der Waals surface area contributed by atoms with Gasteiger partial charge in [-0.25, -0.2) is 9.50 Å². The van der Waals surface area contributed by atoms with Crippen LogP contribution in [0.3, 0.4) is 0 Å². The van der Waals surface area contributed by atoms with E-state index in [1.54, 1.807) is 11.6 Å². The second-order valence-electron chi connectivity index (χ2n) is 9.04. The molecule has 1 aliphatic heterocycles. The molecule has 5 rings (SSSR count). The van der Waals surface area contributed by atoms with E-state index < -0.39 is 0 Å². The van der Waals surface area contributed by atoms with E-state index in [2.05, 4.69) is 45.9 Å². The van der Waals surface area contributed by atoms with Crippen LogP contribution in [0.2, 0.25) is 0 Å². The number of rotatable bonds is 6. The number of hydrogen-bond acceptors (Lipinski definition) is 6. The summed E-state index contributed by atoms with van der Waals surface area (Å²) in [5, 5.41) is 4.30. The number of aromatic amines is 1. The van der Waals surface area contributed by atoms with E-state index in [1.165, 1.54) is 11.9 Å². The fourth-order valence-electron chi connectivity index (χ4n) is 4.91. The third-order valence-corrected chi connectivity index (χ3v) is 6.51. The lowest BCUT2D eigenvalue weighted by Gasteiger charge is -2.30. The number of carbonyl (C=O) groups excluding carboxylic acids is 1. The van der Waals surface area contributed by atoms with Crippen LogP contribution < -0.4 is 10.5 Å². The molecule has 9 heteroatoms. The highest BCUT2D eigenvalue weighted by atomic mass is 16.5. The van der Waals surface area contributed by atoms with Gasteiger partial charge in [0.05, 0.1) is 30.4 Å². The molecule has 0 bridgehead atoms. The summed E-state index contributed by atoms with van der Waals surface area (Å²) in [6.07, 6.45) is 5.44. The Morgan fingerprint density at radius 1 is 1.30 bits per heavy atom. The maximum atomic E-state index is 11.2. The lowest BCUT2D eigenvalue weighted by molar-refractivity contribution is -0.119. The number of methoxy groups -OCH3 is 1. The Labute approximate surface area is 192 Å². The van der Waals surface area contributed by atoms with Crippen LogP contribution in [0.25, 0.3) is 27.9 Å². The number of primary amides is 1. The van der Waals surface area contributed by atoms with E-state index in [0.717, 1.165) is 53.9 Å². The summed E-state index contributed by atoms with van der Waals surface area (Å²) in [4.78, 5) is 26.4. The van der Waals surface area contributed by atoms with Gasteiger partial charge in [-0.1, -0.05) is 13.8 Å². The van der Waals surface area contributed by atoms with Crippen molar-refractivity contribution in [2.75, 3.05) is 26.7 Å². The first-order valence-corrected chi connectivity index (χ1v) is 11.4. The van der Waals surface area contributed by atoms with E-state index in [4.69, 9.17) is 15.5 Å². The lowest BCUT2D eigenvalue weighted by Crippen LogP contribution is -2.39. The Morgan fingerprint density at radius 3 is 2.79 bits per heavy atom. The normalized spacial score (nSPS) is 15.6. The Balaban J connectivity index is 1.53. The predicted molar refractivity (Wildman–Crippen MR) is 126 cm³/mol. The van der Waals surface area contributed by atoms with Crippen molar-refractivity contribution in [2.45, 2.75) is 38.5 Å². The molecular weight excluding hydrogens is 418 g/mol. The number of ether oxygens (including phenoxy) is 1. The number of fused-ring (bicyclic) bond motifs is 2. The molecule has 0 saturated carbocycles. The highest BCUT2D eigenvalue weighted by molar-refractivity contribution is 5.89. The average molecular weight is 448 g/mol. The third kappa shape index (κ3) is 3.93. The van der Waals surface area contributed by atoms with Crippen molar-refractivity contribution >= 4 is 22.6 Å². The Bertz CT molecular complexity index is 1320. The highest BCUT2D eigenvalue weighted by Crippen LogP contribution is 2.37. The van der Waals surface area contributed by atoms with Crippen LogP contribution in [0, 0.1) is 0 Å². The van der Waals surface area contributed by atoms with E-state index >= 15 is 0 Å². The molecule has 4 aromatic heterocycles. The second kappa shape index (κ2) is 8.47. The number of H-pyrrole nitrogens is 1. The van der Waals surface area contributed by atoms with Gasteiger partial charge < -0.3 is 15.5 Å². The molecule has 0 aliphatic carbocycles. The van der Waals surface area contributed by atoms with Crippen molar-refractivity contribution in [3.8, 4) is 17.0 Å². The van der Waals surface area contributed by atoms with Crippen LogP contribution in [0.15, 0.2) is 30.7 Å². The number of nitrogens with zero attached hydrogens (tertiary/aromatic N) is 5. The molecule has 33 heavy (non-hydrogen) atoms. The number of carbonyl (C=O) groups is 1. The first-order valence-electron chi connectivity index (χ1n) is 11.4. The molecule has 4 aromatic rings. The molecule has 1 amide bonds. The summed E-state index contributed by atoms with van der Waals surface area (Å²) in [6, 6.07) is 6.26. The quantitative estimate of drug-likeness (QED) is 0.469. The molecule has 0 radical (unpaired) electrons. The average Bonchev–Trinajstić information content (AvgIpc) is 3.42. The molecule has 1 aliphatic rings. The van der Waals surface area contributed by atoms with Gasteiger partial charge in [0.15, 0.2) is 11.4 Å². The van der Waals surface area contributed by atoms with Crippen LogP contribution in [-0.2, 0) is 4.79 Å². The van der Waals surface area contributed by atoms with Gasteiger partial charge in [0.1, 0.15) is 6.33 Å². The molecule has 1 fully saturated rings. The summed E-state index contributed by atoms with van der Waals surface area (Å²) in [5.41, 5.74) is 12.4. The van der Waals surface area contributed by atoms with Gasteiger partial charge in [-0.2, -0.15) is 5.10 Å². The highest BCUT2D eigenvalue weighted by Gasteiger charge is 2.25. The number of pyridine rings is 2. The largest absolute Gasteiger partial charge is 0.493 e. The number of piperidine rings is 1. The van der Waals surface area contributed by atoms with Crippen molar-refractivity contribution in [3.05, 3.63) is 42.0 Å². The van der Waals surface area contributed by atoms with Crippen molar-refractivity contribution in [3.63, 3.8) is 0 Å². The van der Waals surface area contributed by atoms with Crippen molar-refractivity contribution < 1.29 is 9.53 Å². The van der Waals surface area contributed by atoms with Gasteiger partial charge >= 0.3 is 0 Å². The van der Waals surface area contributed by atoms with Gasteiger partial charge in [0, 0.05) is 28.9 Å². The first kappa shape index (κ1) is 21.4. The SMILES string of the molecule is COc1cc(-c2[nH]c3ccc(C4CCN(CC(N)=O)CC4)nc3c2C(C)C)cn2ncnc12. The zero-order chi connectivity index (χ0) is 23.1. The molecule has 5 heterocycles. The molecule has 0 unspecified atom stereocenters. The van der Waals surface area contributed by atoms with Crippen molar-refractivity contribution in [2.24, 2.45) is 5.73 Å². The first-order chi connectivity index (χ1) is 15.9. The van der Waals surface area contributed by atoms with Crippen LogP contribution >= 0.6 is 0 Å². The minimum absolute atomic E-state index is 0.268. The Kier molecular flexibility index (Phi) is 5.49. The molecule has 0 spiro atoms. The van der Waals surface area contributed by atoms with Gasteiger partial charge in [-0.3, -0.25) is 14.7 Å². The number of nitrogens with one attached hydrogen (secondary N) is 1. The third-order valence-electron chi connectivity index (χ3n) is 6.51. The van der Waals surface area contributed by atoms with Crippen LogP contribution in [0.5, 0.6) is 5.75 Å². The summed E-state index contributed by atoms with van der Waals surface area (Å²) >= 11 is 0. The Hall–Kier alpha value is -3.46. The molecule has 9 nitrogen and oxygen atoms in total. The number of amides is 1. The zero-order valence-corrected chi connectivity index (χ0v) is 19.2. The molecule has 0 atom stereocenters. The maximum absolute atomic E-state index is 11.2. The standard InChI is InChI=1S/C24H29N7O2/c1-14(2)21-22(16-10-19(33-3)24-26-13-27-31(24)11-16)29-18-5-4-17(28-23(18)21)15-6-8-30(9-7-15)12-20(25)32/h4-5,10-11,13-15,29H,6-9,12H2,1-3H3,(H2,25,32). The monoisotopic (exact) mass is 447 g/mol. The lowest BCUT2D eigenvalue weighted by atomic mass is 9.92. The van der Waals surface area contributed by atoms with Crippen molar-refractivity contribution in [1.82, 2.24) is 29.5 Å².